The quantitative estimate of drug-likeness (QED) is 0.855. The van der Waals surface area contributed by atoms with Crippen LogP contribution >= 0.6 is 0 Å². The highest BCUT2D eigenvalue weighted by molar-refractivity contribution is 5.67. The third-order valence-corrected chi connectivity index (χ3v) is 4.35. The zero-order chi connectivity index (χ0) is 18.1. The van der Waals surface area contributed by atoms with Crippen molar-refractivity contribution in [3.8, 4) is 0 Å². The van der Waals surface area contributed by atoms with Crippen LogP contribution in [0.2, 0.25) is 0 Å². The SMILES string of the molecule is CC(C)(C)N(C(=O)O)C1CNCCC1c1cccc(C(F)(F)F)c1. The van der Waals surface area contributed by atoms with Gasteiger partial charge in [-0.25, -0.2) is 4.79 Å². The predicted octanol–water partition coefficient (Wildman–Crippen LogP) is 3.93. The number of hydrogen-bond donors (Lipinski definition) is 2. The molecule has 24 heavy (non-hydrogen) atoms. The number of piperidine rings is 1. The van der Waals surface area contributed by atoms with Gasteiger partial charge >= 0.3 is 12.3 Å². The van der Waals surface area contributed by atoms with E-state index in [1.54, 1.807) is 26.8 Å². The summed E-state index contributed by atoms with van der Waals surface area (Å²) in [7, 11) is 0. The summed E-state index contributed by atoms with van der Waals surface area (Å²) in [5.74, 6) is -0.274. The summed E-state index contributed by atoms with van der Waals surface area (Å²) in [5, 5.41) is 12.8. The normalized spacial score (nSPS) is 22.2. The van der Waals surface area contributed by atoms with Crippen LogP contribution < -0.4 is 5.32 Å². The maximum Gasteiger partial charge on any atom is 0.416 e. The van der Waals surface area contributed by atoms with Gasteiger partial charge in [0.25, 0.3) is 0 Å². The predicted molar refractivity (Wildman–Crippen MR) is 85.1 cm³/mol. The van der Waals surface area contributed by atoms with Crippen molar-refractivity contribution in [2.24, 2.45) is 0 Å². The molecule has 0 radical (unpaired) electrons. The maximum absolute atomic E-state index is 13.0. The molecule has 2 unspecified atom stereocenters. The van der Waals surface area contributed by atoms with Crippen LogP contribution in [0.25, 0.3) is 0 Å². The lowest BCUT2D eigenvalue weighted by Crippen LogP contribution is -2.58. The number of benzene rings is 1. The Kier molecular flexibility index (Phi) is 5.13. The maximum atomic E-state index is 13.0. The molecule has 1 heterocycles. The third kappa shape index (κ3) is 4.01. The zero-order valence-electron chi connectivity index (χ0n) is 14.0. The standard InChI is InChI=1S/C17H23F3N2O2/c1-16(2,3)22(15(23)24)14-10-21-8-7-13(14)11-5-4-6-12(9-11)17(18,19)20/h4-6,9,13-14,21H,7-8,10H2,1-3H3,(H,23,24). The molecule has 7 heteroatoms. The van der Waals surface area contributed by atoms with E-state index in [9.17, 15) is 23.1 Å². The van der Waals surface area contributed by atoms with E-state index >= 15 is 0 Å². The summed E-state index contributed by atoms with van der Waals surface area (Å²) < 4.78 is 39.0. The van der Waals surface area contributed by atoms with E-state index in [2.05, 4.69) is 5.32 Å². The summed E-state index contributed by atoms with van der Waals surface area (Å²) in [4.78, 5) is 13.1. The molecule has 1 aromatic carbocycles. The molecular weight excluding hydrogens is 321 g/mol. The first-order valence-corrected chi connectivity index (χ1v) is 7.92. The van der Waals surface area contributed by atoms with E-state index in [-0.39, 0.29) is 5.92 Å². The molecule has 1 amide bonds. The van der Waals surface area contributed by atoms with Crippen LogP contribution in [0.3, 0.4) is 0 Å². The van der Waals surface area contributed by atoms with Gasteiger partial charge in [0.1, 0.15) is 0 Å². The minimum atomic E-state index is -4.41. The van der Waals surface area contributed by atoms with Crippen molar-refractivity contribution in [1.82, 2.24) is 10.2 Å². The minimum absolute atomic E-state index is 0.274. The molecule has 0 bridgehead atoms. The molecule has 0 aromatic heterocycles. The van der Waals surface area contributed by atoms with E-state index in [1.807, 2.05) is 0 Å². The highest BCUT2D eigenvalue weighted by Crippen LogP contribution is 2.36. The first-order valence-electron chi connectivity index (χ1n) is 7.92. The Morgan fingerprint density at radius 1 is 1.29 bits per heavy atom. The Balaban J connectivity index is 2.41. The third-order valence-electron chi connectivity index (χ3n) is 4.35. The Labute approximate surface area is 139 Å². The first-order chi connectivity index (χ1) is 11.0. The van der Waals surface area contributed by atoms with Gasteiger partial charge in [0.05, 0.1) is 11.6 Å². The molecule has 1 fully saturated rings. The summed E-state index contributed by atoms with van der Waals surface area (Å²) in [5.41, 5.74) is -0.808. The molecular formula is C17H23F3N2O2. The van der Waals surface area contributed by atoms with Gasteiger partial charge in [-0.2, -0.15) is 13.2 Å². The van der Waals surface area contributed by atoms with Gasteiger partial charge < -0.3 is 10.4 Å². The number of hydrogen-bond acceptors (Lipinski definition) is 2. The fourth-order valence-electron chi connectivity index (χ4n) is 3.37. The lowest BCUT2D eigenvalue weighted by atomic mass is 9.83. The first kappa shape index (κ1) is 18.6. The van der Waals surface area contributed by atoms with Gasteiger partial charge in [0, 0.05) is 18.0 Å². The number of halogens is 3. The van der Waals surface area contributed by atoms with E-state index < -0.39 is 29.4 Å². The Hall–Kier alpha value is -1.76. The molecule has 1 aromatic rings. The average molecular weight is 344 g/mol. The van der Waals surface area contributed by atoms with Crippen LogP contribution in [0.1, 0.15) is 44.2 Å². The number of nitrogens with zero attached hydrogens (tertiary/aromatic N) is 1. The molecule has 134 valence electrons. The van der Waals surface area contributed by atoms with Crippen LogP contribution in [-0.2, 0) is 6.18 Å². The highest BCUT2D eigenvalue weighted by atomic mass is 19.4. The van der Waals surface area contributed by atoms with Gasteiger partial charge in [-0.05, 0) is 45.4 Å². The lowest BCUT2D eigenvalue weighted by Gasteiger charge is -2.45. The van der Waals surface area contributed by atoms with Crippen molar-refractivity contribution in [2.45, 2.75) is 50.9 Å². The van der Waals surface area contributed by atoms with Crippen molar-refractivity contribution >= 4 is 6.09 Å². The second-order valence-electron chi connectivity index (χ2n) is 7.11. The van der Waals surface area contributed by atoms with Crippen LogP contribution in [0.5, 0.6) is 0 Å². The number of carbonyl (C=O) groups is 1. The van der Waals surface area contributed by atoms with Crippen molar-refractivity contribution in [3.63, 3.8) is 0 Å². The van der Waals surface area contributed by atoms with E-state index in [1.165, 1.54) is 11.0 Å². The molecule has 0 aliphatic carbocycles. The number of rotatable bonds is 2. The molecule has 2 N–H and O–H groups in total. The Morgan fingerprint density at radius 3 is 2.50 bits per heavy atom. The number of alkyl halides is 3. The lowest BCUT2D eigenvalue weighted by molar-refractivity contribution is -0.137. The smallest absolute Gasteiger partial charge is 0.416 e. The second-order valence-corrected chi connectivity index (χ2v) is 7.11. The molecule has 1 aliphatic heterocycles. The van der Waals surface area contributed by atoms with Crippen LogP contribution in [0.15, 0.2) is 24.3 Å². The van der Waals surface area contributed by atoms with E-state index in [0.717, 1.165) is 12.1 Å². The summed E-state index contributed by atoms with van der Waals surface area (Å²) in [6.07, 6.45) is -4.88. The van der Waals surface area contributed by atoms with Crippen molar-refractivity contribution in [3.05, 3.63) is 35.4 Å². The largest absolute Gasteiger partial charge is 0.465 e. The zero-order valence-corrected chi connectivity index (χ0v) is 14.0. The van der Waals surface area contributed by atoms with Gasteiger partial charge in [-0.15, -0.1) is 0 Å². The van der Waals surface area contributed by atoms with Gasteiger partial charge in [-0.1, -0.05) is 18.2 Å². The van der Waals surface area contributed by atoms with Crippen molar-refractivity contribution in [1.29, 1.82) is 0 Å². The number of amides is 1. The monoisotopic (exact) mass is 344 g/mol. The topological polar surface area (TPSA) is 52.6 Å². The second kappa shape index (κ2) is 6.63. The number of carboxylic acid groups (broad SMARTS) is 1. The Bertz CT molecular complexity index is 596. The van der Waals surface area contributed by atoms with Gasteiger partial charge in [-0.3, -0.25) is 4.90 Å². The van der Waals surface area contributed by atoms with Crippen LogP contribution in [-0.4, -0.2) is 40.8 Å². The molecule has 1 aliphatic rings. The Morgan fingerprint density at radius 2 is 1.96 bits per heavy atom. The fourth-order valence-corrected chi connectivity index (χ4v) is 3.37. The minimum Gasteiger partial charge on any atom is -0.465 e. The summed E-state index contributed by atoms with van der Waals surface area (Å²) >= 11 is 0. The highest BCUT2D eigenvalue weighted by Gasteiger charge is 2.40. The van der Waals surface area contributed by atoms with E-state index in [4.69, 9.17) is 0 Å². The molecule has 0 saturated carbocycles. The molecule has 0 spiro atoms. The van der Waals surface area contributed by atoms with Gasteiger partial charge in [0.2, 0.25) is 0 Å². The molecule has 4 nitrogen and oxygen atoms in total. The molecule has 2 rings (SSSR count). The summed E-state index contributed by atoms with van der Waals surface area (Å²) in [6, 6.07) is 4.81. The van der Waals surface area contributed by atoms with Crippen LogP contribution in [0.4, 0.5) is 18.0 Å². The van der Waals surface area contributed by atoms with Crippen LogP contribution in [0, 0.1) is 0 Å². The molecule has 2 atom stereocenters. The average Bonchev–Trinajstić information content (AvgIpc) is 2.45. The van der Waals surface area contributed by atoms with Gasteiger partial charge in [0.15, 0.2) is 0 Å². The summed E-state index contributed by atoms with van der Waals surface area (Å²) in [6.45, 7) is 6.44. The fraction of sp³-hybridized carbons (Fsp3) is 0.588. The number of nitrogens with one attached hydrogen (secondary N) is 1. The van der Waals surface area contributed by atoms with Crippen molar-refractivity contribution < 1.29 is 23.1 Å². The van der Waals surface area contributed by atoms with E-state index in [0.29, 0.717) is 25.1 Å². The molecule has 1 saturated heterocycles. The van der Waals surface area contributed by atoms with Crippen molar-refractivity contribution in [2.75, 3.05) is 13.1 Å².